The summed E-state index contributed by atoms with van der Waals surface area (Å²) in [5, 5.41) is 2.64. The molecule has 1 radical (unpaired) electrons. The van der Waals surface area contributed by atoms with Gasteiger partial charge in [0, 0.05) is 0 Å². The third-order valence-corrected chi connectivity index (χ3v) is 1.16. The lowest BCUT2D eigenvalue weighted by molar-refractivity contribution is -0.337. The first kappa shape index (κ1) is 7.81. The predicted molar refractivity (Wildman–Crippen MR) is 27.8 cm³/mol. The number of halogens is 3. The van der Waals surface area contributed by atoms with E-state index in [0.717, 1.165) is 0 Å². The summed E-state index contributed by atoms with van der Waals surface area (Å²) in [6.45, 7) is 1.87. The molecule has 0 aliphatic carbocycles. The highest BCUT2D eigenvalue weighted by Gasteiger charge is 2.34. The molecule has 1 aliphatic heterocycles. The molecule has 2 nitrogen and oxygen atoms in total. The van der Waals surface area contributed by atoms with Gasteiger partial charge in [-0.15, -0.1) is 13.2 Å². The van der Waals surface area contributed by atoms with Crippen LogP contribution in [0.4, 0.5) is 13.2 Å². The third-order valence-electron chi connectivity index (χ3n) is 1.16. The molecule has 1 fully saturated rings. The molecule has 1 aliphatic rings. The number of nitrogens with one attached hydrogen (secondary N) is 1. The van der Waals surface area contributed by atoms with Gasteiger partial charge in [0.1, 0.15) is 0 Å². The second kappa shape index (κ2) is 2.75. The molecule has 59 valence electrons. The minimum absolute atomic E-state index is 0.388. The Bertz CT molecular complexity index is 108. The van der Waals surface area contributed by atoms with Crippen LogP contribution < -0.4 is 5.32 Å². The van der Waals surface area contributed by atoms with Crippen molar-refractivity contribution in [2.24, 2.45) is 0 Å². The Balaban J connectivity index is 2.24. The van der Waals surface area contributed by atoms with Gasteiger partial charge in [-0.05, 0) is 13.0 Å². The number of ether oxygens (including phenoxy) is 1. The minimum Gasteiger partial charge on any atom is -0.310 e. The second-order valence-corrected chi connectivity index (χ2v) is 2.01. The molecule has 0 spiro atoms. The molecule has 10 heavy (non-hydrogen) atoms. The quantitative estimate of drug-likeness (QED) is 0.609. The van der Waals surface area contributed by atoms with Crippen molar-refractivity contribution in [3.05, 3.63) is 6.54 Å². The lowest BCUT2D eigenvalue weighted by Crippen LogP contribution is -2.22. The van der Waals surface area contributed by atoms with Crippen molar-refractivity contribution in [1.29, 1.82) is 0 Å². The van der Waals surface area contributed by atoms with E-state index >= 15 is 0 Å². The molecule has 1 rings (SSSR count). The van der Waals surface area contributed by atoms with Crippen LogP contribution in [0.15, 0.2) is 0 Å². The number of rotatable bonds is 1. The van der Waals surface area contributed by atoms with Gasteiger partial charge in [-0.3, -0.25) is 4.74 Å². The number of hydrogen-bond donors (Lipinski definition) is 1. The SMILES string of the molecule is FC(F)(F)OC1[CH]NCC1. The fraction of sp³-hybridized carbons (Fsp3) is 0.800. The highest BCUT2D eigenvalue weighted by molar-refractivity contribution is 4.82. The van der Waals surface area contributed by atoms with Crippen molar-refractivity contribution in [2.45, 2.75) is 18.9 Å². The van der Waals surface area contributed by atoms with Crippen LogP contribution in [-0.2, 0) is 4.74 Å². The standard InChI is InChI=1S/C5H7F3NO/c6-5(7,8)10-4-1-2-9-3-4/h3-4,9H,1-2H2. The molecule has 1 N–H and O–H groups in total. The molecule has 0 saturated carbocycles. The molecule has 0 aromatic rings. The summed E-state index contributed by atoms with van der Waals surface area (Å²) < 4.78 is 38.0. The van der Waals surface area contributed by atoms with Crippen molar-refractivity contribution >= 4 is 0 Å². The molecule has 1 atom stereocenters. The van der Waals surface area contributed by atoms with E-state index in [-0.39, 0.29) is 0 Å². The van der Waals surface area contributed by atoms with E-state index in [2.05, 4.69) is 10.1 Å². The lowest BCUT2D eigenvalue weighted by atomic mass is 10.3. The van der Waals surface area contributed by atoms with E-state index in [1.54, 1.807) is 0 Å². The second-order valence-electron chi connectivity index (χ2n) is 2.01. The van der Waals surface area contributed by atoms with Gasteiger partial charge in [-0.1, -0.05) is 0 Å². The van der Waals surface area contributed by atoms with Gasteiger partial charge in [0.05, 0.1) is 12.6 Å². The van der Waals surface area contributed by atoms with E-state index in [1.807, 2.05) is 0 Å². The third kappa shape index (κ3) is 2.53. The van der Waals surface area contributed by atoms with Gasteiger partial charge in [-0.25, -0.2) is 0 Å². The van der Waals surface area contributed by atoms with Gasteiger partial charge in [0.15, 0.2) is 0 Å². The van der Waals surface area contributed by atoms with Crippen molar-refractivity contribution in [1.82, 2.24) is 5.32 Å². The highest BCUT2D eigenvalue weighted by atomic mass is 19.4. The normalized spacial score (nSPS) is 27.3. The fourth-order valence-corrected chi connectivity index (χ4v) is 0.788. The maximum atomic E-state index is 11.4. The molecule has 5 heteroatoms. The first-order valence-electron chi connectivity index (χ1n) is 2.89. The maximum absolute atomic E-state index is 11.4. The highest BCUT2D eigenvalue weighted by Crippen LogP contribution is 2.22. The Morgan fingerprint density at radius 1 is 1.50 bits per heavy atom. The molecule has 0 bridgehead atoms. The topological polar surface area (TPSA) is 21.3 Å². The zero-order valence-electron chi connectivity index (χ0n) is 5.11. The van der Waals surface area contributed by atoms with Crippen LogP contribution in [-0.4, -0.2) is 19.0 Å². The lowest BCUT2D eigenvalue weighted by Gasteiger charge is -2.11. The van der Waals surface area contributed by atoms with Crippen LogP contribution in [0.3, 0.4) is 0 Å². The predicted octanol–water partition coefficient (Wildman–Crippen LogP) is 1.05. The summed E-state index contributed by atoms with van der Waals surface area (Å²) in [5.41, 5.74) is 0. The first-order valence-corrected chi connectivity index (χ1v) is 2.89. The van der Waals surface area contributed by atoms with Gasteiger partial charge in [-0.2, -0.15) is 0 Å². The minimum atomic E-state index is -4.51. The average Bonchev–Trinajstić information content (AvgIpc) is 2.12. The van der Waals surface area contributed by atoms with Crippen LogP contribution >= 0.6 is 0 Å². The Labute approximate surface area is 56.4 Å². The van der Waals surface area contributed by atoms with Crippen LogP contribution in [0.5, 0.6) is 0 Å². The van der Waals surface area contributed by atoms with Crippen molar-refractivity contribution < 1.29 is 17.9 Å². The number of hydrogen-bond acceptors (Lipinski definition) is 2. The van der Waals surface area contributed by atoms with Crippen LogP contribution in [0.2, 0.25) is 0 Å². The largest absolute Gasteiger partial charge is 0.522 e. The molecule has 1 saturated heterocycles. The van der Waals surface area contributed by atoms with Gasteiger partial charge < -0.3 is 5.32 Å². The Morgan fingerprint density at radius 3 is 2.60 bits per heavy atom. The van der Waals surface area contributed by atoms with Crippen LogP contribution in [0.25, 0.3) is 0 Å². The summed E-state index contributed by atoms with van der Waals surface area (Å²) in [5.74, 6) is 0. The fourth-order valence-electron chi connectivity index (χ4n) is 0.788. The summed E-state index contributed by atoms with van der Waals surface area (Å²) >= 11 is 0. The first-order chi connectivity index (χ1) is 4.58. The molecule has 0 aromatic carbocycles. The zero-order valence-corrected chi connectivity index (χ0v) is 5.11. The van der Waals surface area contributed by atoms with Crippen LogP contribution in [0.1, 0.15) is 6.42 Å². The Hall–Kier alpha value is -0.290. The number of alkyl halides is 3. The van der Waals surface area contributed by atoms with Crippen molar-refractivity contribution in [3.63, 3.8) is 0 Å². The summed E-state index contributed by atoms with van der Waals surface area (Å²) in [6.07, 6.45) is -4.92. The van der Waals surface area contributed by atoms with Gasteiger partial charge in [0.2, 0.25) is 0 Å². The van der Waals surface area contributed by atoms with E-state index in [1.165, 1.54) is 6.54 Å². The molecule has 1 unspecified atom stereocenters. The molecule has 1 heterocycles. The monoisotopic (exact) mass is 154 g/mol. The summed E-state index contributed by atoms with van der Waals surface area (Å²) in [7, 11) is 0. The van der Waals surface area contributed by atoms with Crippen LogP contribution in [0, 0.1) is 6.54 Å². The maximum Gasteiger partial charge on any atom is 0.522 e. The molecule has 0 amide bonds. The summed E-state index contributed by atoms with van der Waals surface area (Å²) in [4.78, 5) is 0. The Morgan fingerprint density at radius 2 is 2.20 bits per heavy atom. The molecule has 0 aromatic heterocycles. The Kier molecular flexibility index (Phi) is 2.15. The smallest absolute Gasteiger partial charge is 0.310 e. The average molecular weight is 154 g/mol. The van der Waals surface area contributed by atoms with Gasteiger partial charge in [0.25, 0.3) is 0 Å². The summed E-state index contributed by atoms with van der Waals surface area (Å²) in [6, 6.07) is 0. The van der Waals surface area contributed by atoms with E-state index < -0.39 is 12.5 Å². The van der Waals surface area contributed by atoms with E-state index in [4.69, 9.17) is 0 Å². The van der Waals surface area contributed by atoms with E-state index in [0.29, 0.717) is 13.0 Å². The molecular formula is C5H7F3NO. The van der Waals surface area contributed by atoms with Crippen molar-refractivity contribution in [3.8, 4) is 0 Å². The zero-order chi connectivity index (χ0) is 7.61. The molecular weight excluding hydrogens is 147 g/mol. The van der Waals surface area contributed by atoms with Crippen molar-refractivity contribution in [2.75, 3.05) is 6.54 Å². The van der Waals surface area contributed by atoms with Gasteiger partial charge >= 0.3 is 6.36 Å². The van der Waals surface area contributed by atoms with E-state index in [9.17, 15) is 13.2 Å².